The molecule has 4 aromatic rings. The number of hydrogen-bond acceptors (Lipinski definition) is 5. The van der Waals surface area contributed by atoms with Crippen LogP contribution in [0.3, 0.4) is 0 Å². The van der Waals surface area contributed by atoms with Crippen LogP contribution in [0.1, 0.15) is 22.5 Å². The predicted molar refractivity (Wildman–Crippen MR) is 116 cm³/mol. The number of Topliss-reactive ketones (excluding diaryl/α,β-unsaturated/α-hetero) is 1. The molecule has 0 aliphatic heterocycles. The number of ketones is 1. The van der Waals surface area contributed by atoms with Crippen molar-refractivity contribution in [2.24, 2.45) is 0 Å². The molecule has 140 valence electrons. The molecule has 28 heavy (non-hydrogen) atoms. The van der Waals surface area contributed by atoms with Crippen molar-refractivity contribution in [3.05, 3.63) is 87.3 Å². The zero-order valence-corrected chi connectivity index (χ0v) is 16.7. The van der Waals surface area contributed by atoms with Crippen molar-refractivity contribution in [1.82, 2.24) is 9.55 Å². The number of aromatic nitrogens is 2. The van der Waals surface area contributed by atoms with Gasteiger partial charge in [0.05, 0.1) is 21.5 Å². The summed E-state index contributed by atoms with van der Waals surface area (Å²) in [6, 6.07) is 20.7. The highest BCUT2D eigenvalue weighted by Crippen LogP contribution is 2.23. The number of benzene rings is 2. The first-order chi connectivity index (χ1) is 13.7. The first-order valence-corrected chi connectivity index (χ1v) is 10.9. The summed E-state index contributed by atoms with van der Waals surface area (Å²) < 4.78 is 1.66. The van der Waals surface area contributed by atoms with Crippen molar-refractivity contribution >= 4 is 39.8 Å². The highest BCUT2D eigenvalue weighted by Gasteiger charge is 2.13. The molecule has 0 spiro atoms. The van der Waals surface area contributed by atoms with Gasteiger partial charge in [0.1, 0.15) is 0 Å². The zero-order chi connectivity index (χ0) is 19.3. The normalized spacial score (nSPS) is 11.0. The second kappa shape index (κ2) is 8.54. The highest BCUT2D eigenvalue weighted by atomic mass is 32.2. The predicted octanol–water partition coefficient (Wildman–Crippen LogP) is 5.20. The smallest absolute Gasteiger partial charge is 0.266 e. The van der Waals surface area contributed by atoms with Gasteiger partial charge in [0.15, 0.2) is 10.9 Å². The van der Waals surface area contributed by atoms with Crippen molar-refractivity contribution in [1.29, 1.82) is 0 Å². The molecule has 2 aromatic heterocycles. The van der Waals surface area contributed by atoms with Gasteiger partial charge in [0.25, 0.3) is 5.56 Å². The molecular weight excluding hydrogens is 388 g/mol. The standard InChI is InChI=1S/C22H18N2O2S2/c25-19(20-13-7-14-27-20)12-6-15-28-22-23-18-11-5-4-10-17(18)21(26)24(22)16-8-2-1-3-9-16/h1-5,7-11,13-14H,6,12,15H2. The number of thioether (sulfide) groups is 1. The van der Waals surface area contributed by atoms with E-state index in [4.69, 9.17) is 4.98 Å². The Morgan fingerprint density at radius 2 is 1.79 bits per heavy atom. The Hall–Kier alpha value is -2.70. The minimum Gasteiger partial charge on any atom is -0.293 e. The lowest BCUT2D eigenvalue weighted by atomic mass is 10.2. The average Bonchev–Trinajstić information content (AvgIpc) is 3.27. The maximum Gasteiger partial charge on any atom is 0.266 e. The van der Waals surface area contributed by atoms with Gasteiger partial charge in [-0.2, -0.15) is 0 Å². The minimum absolute atomic E-state index is 0.0750. The summed E-state index contributed by atoms with van der Waals surface area (Å²) in [4.78, 5) is 30.8. The Bertz CT molecular complexity index is 1150. The van der Waals surface area contributed by atoms with Crippen molar-refractivity contribution in [3.8, 4) is 5.69 Å². The van der Waals surface area contributed by atoms with E-state index in [0.717, 1.165) is 17.0 Å². The molecule has 0 unspecified atom stereocenters. The molecule has 6 heteroatoms. The Morgan fingerprint density at radius 1 is 1.00 bits per heavy atom. The van der Waals surface area contributed by atoms with E-state index in [-0.39, 0.29) is 11.3 Å². The maximum atomic E-state index is 13.1. The van der Waals surface area contributed by atoms with Gasteiger partial charge in [-0.05, 0) is 42.1 Å². The molecule has 2 aromatic carbocycles. The molecule has 0 saturated heterocycles. The summed E-state index contributed by atoms with van der Waals surface area (Å²) in [7, 11) is 0. The number of fused-ring (bicyclic) bond motifs is 1. The summed E-state index contributed by atoms with van der Waals surface area (Å²) in [5.74, 6) is 0.886. The Kier molecular flexibility index (Phi) is 5.69. The van der Waals surface area contributed by atoms with E-state index in [1.807, 2.05) is 66.0 Å². The lowest BCUT2D eigenvalue weighted by Gasteiger charge is -2.13. The number of para-hydroxylation sites is 2. The number of nitrogens with zero attached hydrogens (tertiary/aromatic N) is 2. The number of hydrogen-bond donors (Lipinski definition) is 0. The van der Waals surface area contributed by atoms with E-state index in [1.54, 1.807) is 10.6 Å². The lowest BCUT2D eigenvalue weighted by molar-refractivity contribution is 0.0986. The molecule has 0 aliphatic carbocycles. The van der Waals surface area contributed by atoms with Crippen molar-refractivity contribution < 1.29 is 4.79 Å². The van der Waals surface area contributed by atoms with Gasteiger partial charge < -0.3 is 0 Å². The van der Waals surface area contributed by atoms with Crippen LogP contribution >= 0.6 is 23.1 Å². The van der Waals surface area contributed by atoms with Crippen molar-refractivity contribution in [2.75, 3.05) is 5.75 Å². The van der Waals surface area contributed by atoms with E-state index >= 15 is 0 Å². The van der Waals surface area contributed by atoms with Crippen LogP contribution in [0.4, 0.5) is 0 Å². The fourth-order valence-electron chi connectivity index (χ4n) is 2.97. The molecule has 0 atom stereocenters. The number of thiophene rings is 1. The van der Waals surface area contributed by atoms with Crippen LogP contribution in [0, 0.1) is 0 Å². The van der Waals surface area contributed by atoms with Crippen LogP contribution in [0.2, 0.25) is 0 Å². The number of carbonyl (C=O) groups is 1. The SMILES string of the molecule is O=C(CCCSc1nc2ccccc2c(=O)n1-c1ccccc1)c1cccs1. The number of rotatable bonds is 7. The Labute approximate surface area is 170 Å². The first kappa shape index (κ1) is 18.7. The summed E-state index contributed by atoms with van der Waals surface area (Å²) in [5.41, 5.74) is 1.41. The van der Waals surface area contributed by atoms with E-state index < -0.39 is 0 Å². The van der Waals surface area contributed by atoms with Crippen LogP contribution in [-0.2, 0) is 0 Å². The summed E-state index contributed by atoms with van der Waals surface area (Å²) in [6.45, 7) is 0. The molecule has 0 saturated carbocycles. The van der Waals surface area contributed by atoms with E-state index in [2.05, 4.69) is 0 Å². The third-order valence-corrected chi connectivity index (χ3v) is 6.27. The molecule has 2 heterocycles. The molecule has 4 rings (SSSR count). The van der Waals surface area contributed by atoms with Crippen LogP contribution in [0.15, 0.2) is 82.1 Å². The molecule has 4 nitrogen and oxygen atoms in total. The lowest BCUT2D eigenvalue weighted by Crippen LogP contribution is -2.21. The van der Waals surface area contributed by atoms with Crippen LogP contribution in [-0.4, -0.2) is 21.1 Å². The highest BCUT2D eigenvalue weighted by molar-refractivity contribution is 7.99. The van der Waals surface area contributed by atoms with Crippen molar-refractivity contribution in [3.63, 3.8) is 0 Å². The maximum absolute atomic E-state index is 13.1. The summed E-state index contributed by atoms with van der Waals surface area (Å²) >= 11 is 2.99. The fraction of sp³-hybridized carbons (Fsp3) is 0.136. The van der Waals surface area contributed by atoms with E-state index in [1.165, 1.54) is 23.1 Å². The summed E-state index contributed by atoms with van der Waals surface area (Å²) in [5, 5.41) is 3.17. The third-order valence-electron chi connectivity index (χ3n) is 4.33. The molecule has 0 N–H and O–H groups in total. The van der Waals surface area contributed by atoms with Crippen LogP contribution in [0.5, 0.6) is 0 Å². The topological polar surface area (TPSA) is 52.0 Å². The average molecular weight is 407 g/mol. The zero-order valence-electron chi connectivity index (χ0n) is 15.1. The van der Waals surface area contributed by atoms with E-state index in [0.29, 0.717) is 28.2 Å². The van der Waals surface area contributed by atoms with Crippen LogP contribution < -0.4 is 5.56 Å². The van der Waals surface area contributed by atoms with E-state index in [9.17, 15) is 9.59 Å². The van der Waals surface area contributed by atoms with Crippen LogP contribution in [0.25, 0.3) is 16.6 Å². The second-order valence-electron chi connectivity index (χ2n) is 6.24. The molecule has 0 amide bonds. The molecule has 0 fully saturated rings. The van der Waals surface area contributed by atoms with Gasteiger partial charge in [-0.25, -0.2) is 4.98 Å². The Balaban J connectivity index is 1.59. The van der Waals surface area contributed by atoms with Gasteiger partial charge in [-0.15, -0.1) is 11.3 Å². The van der Waals surface area contributed by atoms with Gasteiger partial charge in [-0.3, -0.25) is 14.2 Å². The first-order valence-electron chi connectivity index (χ1n) is 9.01. The quantitative estimate of drug-likeness (QED) is 0.183. The largest absolute Gasteiger partial charge is 0.293 e. The van der Waals surface area contributed by atoms with Gasteiger partial charge >= 0.3 is 0 Å². The third kappa shape index (κ3) is 3.93. The molecular formula is C22H18N2O2S2. The molecule has 0 aliphatic rings. The van der Waals surface area contributed by atoms with Gasteiger partial charge in [0.2, 0.25) is 0 Å². The van der Waals surface area contributed by atoms with Gasteiger partial charge in [-0.1, -0.05) is 48.2 Å². The van der Waals surface area contributed by atoms with Crippen molar-refractivity contribution in [2.45, 2.75) is 18.0 Å². The monoisotopic (exact) mass is 406 g/mol. The molecule has 0 bridgehead atoms. The molecule has 0 radical (unpaired) electrons. The number of carbonyl (C=O) groups excluding carboxylic acids is 1. The Morgan fingerprint density at radius 3 is 2.57 bits per heavy atom. The fourth-order valence-corrected chi connectivity index (χ4v) is 4.62. The summed E-state index contributed by atoms with van der Waals surface area (Å²) in [6.07, 6.45) is 1.23. The minimum atomic E-state index is -0.0750. The van der Waals surface area contributed by atoms with Gasteiger partial charge in [0, 0.05) is 12.2 Å². The second-order valence-corrected chi connectivity index (χ2v) is 8.25.